The molecule has 0 aliphatic heterocycles. The van der Waals surface area contributed by atoms with Gasteiger partial charge in [0, 0.05) is 11.9 Å². The molecule has 0 fully saturated rings. The van der Waals surface area contributed by atoms with E-state index in [1.54, 1.807) is 0 Å². The lowest BCUT2D eigenvalue weighted by atomic mass is 10.1. The van der Waals surface area contributed by atoms with Crippen LogP contribution in [0.2, 0.25) is 0 Å². The van der Waals surface area contributed by atoms with Crippen molar-refractivity contribution in [1.82, 2.24) is 9.97 Å². The Morgan fingerprint density at radius 1 is 0.963 bits per heavy atom. The lowest BCUT2D eigenvalue weighted by molar-refractivity contribution is 0.102. The number of hydrogen-bond acceptors (Lipinski definition) is 4. The average molecular weight is 372 g/mol. The summed E-state index contributed by atoms with van der Waals surface area (Å²) in [7, 11) is 0. The van der Waals surface area contributed by atoms with Crippen molar-refractivity contribution in [3.63, 3.8) is 0 Å². The van der Waals surface area contributed by atoms with Gasteiger partial charge in [-0.1, -0.05) is 17.7 Å². The normalized spacial score (nSPS) is 10.6. The van der Waals surface area contributed by atoms with Crippen molar-refractivity contribution in [1.29, 1.82) is 0 Å². The molecule has 2 aromatic carbocycles. The van der Waals surface area contributed by atoms with Gasteiger partial charge in [0.1, 0.15) is 5.69 Å². The van der Waals surface area contributed by atoms with Crippen molar-refractivity contribution in [3.8, 4) is 0 Å². The summed E-state index contributed by atoms with van der Waals surface area (Å²) in [5.41, 5.74) is 2.28. The molecule has 27 heavy (non-hydrogen) atoms. The highest BCUT2D eigenvalue weighted by molar-refractivity contribution is 6.03. The number of nitrogens with zero attached hydrogens (tertiary/aromatic N) is 2. The van der Waals surface area contributed by atoms with E-state index >= 15 is 0 Å². The summed E-state index contributed by atoms with van der Waals surface area (Å²) < 4.78 is 40.0. The Hall–Kier alpha value is -3.42. The Labute approximate surface area is 153 Å². The predicted molar refractivity (Wildman–Crippen MR) is 95.5 cm³/mol. The molecule has 8 heteroatoms. The summed E-state index contributed by atoms with van der Waals surface area (Å²) in [6, 6.07) is 8.73. The summed E-state index contributed by atoms with van der Waals surface area (Å²) in [4.78, 5) is 20.4. The second kappa shape index (κ2) is 7.45. The number of amides is 1. The van der Waals surface area contributed by atoms with Crippen LogP contribution >= 0.6 is 0 Å². The molecule has 1 aromatic heterocycles. The van der Waals surface area contributed by atoms with Crippen molar-refractivity contribution in [3.05, 3.63) is 76.9 Å². The van der Waals surface area contributed by atoms with Crippen LogP contribution in [0.1, 0.15) is 21.6 Å². The van der Waals surface area contributed by atoms with Crippen molar-refractivity contribution < 1.29 is 18.0 Å². The highest BCUT2D eigenvalue weighted by atomic mass is 19.2. The first kappa shape index (κ1) is 18.4. The zero-order chi connectivity index (χ0) is 19.6. The first-order chi connectivity index (χ1) is 12.8. The molecule has 0 atom stereocenters. The Morgan fingerprint density at radius 3 is 2.44 bits per heavy atom. The minimum absolute atomic E-state index is 0.0682. The molecule has 5 nitrogen and oxygen atoms in total. The summed E-state index contributed by atoms with van der Waals surface area (Å²) >= 11 is 0. The van der Waals surface area contributed by atoms with Crippen molar-refractivity contribution in [2.24, 2.45) is 0 Å². The van der Waals surface area contributed by atoms with Gasteiger partial charge in [0.05, 0.1) is 5.69 Å². The van der Waals surface area contributed by atoms with Gasteiger partial charge in [-0.15, -0.1) is 0 Å². The molecule has 138 valence electrons. The number of aryl methyl sites for hydroxylation is 2. The van der Waals surface area contributed by atoms with E-state index in [1.807, 2.05) is 32.0 Å². The van der Waals surface area contributed by atoms with Crippen molar-refractivity contribution in [2.45, 2.75) is 13.8 Å². The zero-order valence-corrected chi connectivity index (χ0v) is 14.5. The van der Waals surface area contributed by atoms with Crippen LogP contribution in [0.15, 0.2) is 42.6 Å². The molecule has 0 bridgehead atoms. The predicted octanol–water partition coefficient (Wildman–Crippen LogP) is 4.51. The molecule has 1 amide bonds. The number of hydrogen-bond donors (Lipinski definition) is 2. The lowest BCUT2D eigenvalue weighted by Crippen LogP contribution is -2.16. The molecule has 0 aliphatic rings. The maximum Gasteiger partial charge on any atom is 0.274 e. The first-order valence-electron chi connectivity index (χ1n) is 7.97. The SMILES string of the molecule is Cc1ccc(Nc2nccc(C(=O)Nc3ccc(F)c(F)c3F)n2)c(C)c1. The van der Waals surface area contributed by atoms with E-state index in [0.29, 0.717) is 0 Å². The largest absolute Gasteiger partial charge is 0.324 e. The Balaban J connectivity index is 1.81. The topological polar surface area (TPSA) is 66.9 Å². The molecule has 0 radical (unpaired) electrons. The van der Waals surface area contributed by atoms with E-state index in [2.05, 4.69) is 20.6 Å². The fourth-order valence-electron chi connectivity index (χ4n) is 2.43. The number of carbonyl (C=O) groups is 1. The number of carbonyl (C=O) groups excluding carboxylic acids is 1. The fraction of sp³-hybridized carbons (Fsp3) is 0.105. The lowest BCUT2D eigenvalue weighted by Gasteiger charge is -2.10. The third kappa shape index (κ3) is 4.05. The van der Waals surface area contributed by atoms with Crippen LogP contribution in [0.3, 0.4) is 0 Å². The molecule has 2 N–H and O–H groups in total. The second-order valence-corrected chi connectivity index (χ2v) is 5.89. The standard InChI is InChI=1S/C19H15F3N4O/c1-10-3-5-13(11(2)9-10)25-19-23-8-7-15(26-19)18(27)24-14-6-4-12(20)16(21)17(14)22/h3-9H,1-2H3,(H,24,27)(H,23,25,26). The highest BCUT2D eigenvalue weighted by Crippen LogP contribution is 2.21. The van der Waals surface area contributed by atoms with Crippen LogP contribution in [-0.2, 0) is 0 Å². The van der Waals surface area contributed by atoms with Crippen LogP contribution in [0.5, 0.6) is 0 Å². The van der Waals surface area contributed by atoms with Crippen LogP contribution in [0.25, 0.3) is 0 Å². The number of nitrogens with one attached hydrogen (secondary N) is 2. The van der Waals surface area contributed by atoms with Crippen LogP contribution in [-0.4, -0.2) is 15.9 Å². The summed E-state index contributed by atoms with van der Waals surface area (Å²) in [5.74, 6) is -5.10. The molecule has 0 saturated carbocycles. The zero-order valence-electron chi connectivity index (χ0n) is 14.5. The van der Waals surface area contributed by atoms with Gasteiger partial charge in [0.2, 0.25) is 5.95 Å². The van der Waals surface area contributed by atoms with E-state index < -0.39 is 29.0 Å². The van der Waals surface area contributed by atoms with E-state index in [1.165, 1.54) is 12.3 Å². The van der Waals surface area contributed by atoms with E-state index in [0.717, 1.165) is 28.9 Å². The van der Waals surface area contributed by atoms with Crippen LogP contribution in [0.4, 0.5) is 30.5 Å². The smallest absolute Gasteiger partial charge is 0.274 e. The van der Waals surface area contributed by atoms with Gasteiger partial charge in [0.15, 0.2) is 17.5 Å². The van der Waals surface area contributed by atoms with E-state index in [9.17, 15) is 18.0 Å². The van der Waals surface area contributed by atoms with Crippen molar-refractivity contribution in [2.75, 3.05) is 10.6 Å². The highest BCUT2D eigenvalue weighted by Gasteiger charge is 2.17. The van der Waals surface area contributed by atoms with Crippen LogP contribution in [0, 0.1) is 31.3 Å². The van der Waals surface area contributed by atoms with E-state index in [4.69, 9.17) is 0 Å². The summed E-state index contributed by atoms with van der Waals surface area (Å²) in [6.07, 6.45) is 1.36. The molecule has 0 spiro atoms. The average Bonchev–Trinajstić information content (AvgIpc) is 2.65. The molecule has 3 rings (SSSR count). The number of anilines is 3. The molecular formula is C19H15F3N4O. The third-order valence-corrected chi connectivity index (χ3v) is 3.80. The summed E-state index contributed by atoms with van der Waals surface area (Å²) in [6.45, 7) is 3.88. The van der Waals surface area contributed by atoms with Gasteiger partial charge in [-0.25, -0.2) is 23.1 Å². The first-order valence-corrected chi connectivity index (χ1v) is 7.97. The maximum atomic E-state index is 13.7. The minimum atomic E-state index is -1.66. The van der Waals surface area contributed by atoms with Gasteiger partial charge in [-0.2, -0.15) is 0 Å². The number of aromatic nitrogens is 2. The number of rotatable bonds is 4. The minimum Gasteiger partial charge on any atom is -0.324 e. The van der Waals surface area contributed by atoms with Gasteiger partial charge < -0.3 is 10.6 Å². The number of halogens is 3. The molecule has 1 heterocycles. The van der Waals surface area contributed by atoms with E-state index in [-0.39, 0.29) is 11.6 Å². The third-order valence-electron chi connectivity index (χ3n) is 3.80. The Kier molecular flexibility index (Phi) is 5.07. The monoisotopic (exact) mass is 372 g/mol. The van der Waals surface area contributed by atoms with Gasteiger partial charge >= 0.3 is 0 Å². The maximum absolute atomic E-state index is 13.7. The van der Waals surface area contributed by atoms with Gasteiger partial charge in [-0.3, -0.25) is 4.79 Å². The molecular weight excluding hydrogens is 357 g/mol. The molecule has 0 saturated heterocycles. The number of benzene rings is 2. The van der Waals surface area contributed by atoms with Crippen LogP contribution < -0.4 is 10.6 Å². The van der Waals surface area contributed by atoms with Gasteiger partial charge in [-0.05, 0) is 43.7 Å². The molecule has 0 unspecified atom stereocenters. The summed E-state index contributed by atoms with van der Waals surface area (Å²) in [5, 5.41) is 5.17. The molecule has 0 aliphatic carbocycles. The van der Waals surface area contributed by atoms with Crippen molar-refractivity contribution >= 4 is 23.2 Å². The van der Waals surface area contributed by atoms with Gasteiger partial charge in [0.25, 0.3) is 5.91 Å². The Morgan fingerprint density at radius 2 is 1.70 bits per heavy atom. The fourth-order valence-corrected chi connectivity index (χ4v) is 2.43. The Bertz CT molecular complexity index is 1020. The quantitative estimate of drug-likeness (QED) is 0.662. The molecule has 3 aromatic rings. The second-order valence-electron chi connectivity index (χ2n) is 5.89.